The van der Waals surface area contributed by atoms with Crippen LogP contribution in [0, 0.1) is 0 Å². The number of nitrogens with one attached hydrogen (secondary N) is 1. The molecule has 1 fully saturated rings. The number of likely N-dealkylation sites (tertiary alicyclic amines) is 1. The predicted molar refractivity (Wildman–Crippen MR) is 89.6 cm³/mol. The Hall–Kier alpha value is -1.85. The number of para-hydroxylation sites is 1. The minimum absolute atomic E-state index is 0.158. The van der Waals surface area contributed by atoms with Gasteiger partial charge < -0.3 is 19.4 Å². The Bertz CT molecular complexity index is 659. The molecule has 0 saturated carbocycles. The molecular weight excluding hydrogens is 292 g/mol. The van der Waals surface area contributed by atoms with Crippen LogP contribution < -0.4 is 5.32 Å². The first-order chi connectivity index (χ1) is 11.3. The van der Waals surface area contributed by atoms with Crippen molar-refractivity contribution in [3.8, 4) is 0 Å². The second-order valence-electron chi connectivity index (χ2n) is 6.00. The van der Waals surface area contributed by atoms with Crippen molar-refractivity contribution in [3.05, 3.63) is 35.6 Å². The Kier molecular flexibility index (Phi) is 5.31. The van der Waals surface area contributed by atoms with Crippen molar-refractivity contribution < 1.29 is 13.9 Å². The van der Waals surface area contributed by atoms with E-state index in [2.05, 4.69) is 10.2 Å². The van der Waals surface area contributed by atoms with Crippen LogP contribution in [0.5, 0.6) is 0 Å². The largest absolute Gasteiger partial charge is 0.451 e. The van der Waals surface area contributed by atoms with Gasteiger partial charge >= 0.3 is 0 Å². The number of methoxy groups -OCH3 is 1. The lowest BCUT2D eigenvalue weighted by Crippen LogP contribution is -2.29. The second-order valence-corrected chi connectivity index (χ2v) is 6.00. The molecule has 2 heterocycles. The van der Waals surface area contributed by atoms with Crippen LogP contribution in [0.1, 0.15) is 35.4 Å². The molecule has 0 radical (unpaired) electrons. The zero-order valence-corrected chi connectivity index (χ0v) is 13.6. The van der Waals surface area contributed by atoms with E-state index < -0.39 is 0 Å². The molecule has 2 aromatic rings. The van der Waals surface area contributed by atoms with Gasteiger partial charge in [0.2, 0.25) is 0 Å². The van der Waals surface area contributed by atoms with E-state index >= 15 is 0 Å². The summed E-state index contributed by atoms with van der Waals surface area (Å²) in [4.78, 5) is 14.9. The highest BCUT2D eigenvalue weighted by Gasteiger charge is 2.20. The normalized spacial score (nSPS) is 15.3. The van der Waals surface area contributed by atoms with Crippen molar-refractivity contribution in [1.29, 1.82) is 0 Å². The van der Waals surface area contributed by atoms with E-state index in [4.69, 9.17) is 9.15 Å². The summed E-state index contributed by atoms with van der Waals surface area (Å²) in [5.74, 6) is 0.212. The molecule has 1 aromatic heterocycles. The van der Waals surface area contributed by atoms with E-state index in [1.165, 1.54) is 25.9 Å². The first-order valence-corrected chi connectivity index (χ1v) is 8.29. The van der Waals surface area contributed by atoms with Crippen LogP contribution in [0.3, 0.4) is 0 Å². The van der Waals surface area contributed by atoms with Crippen LogP contribution in [0.15, 0.2) is 28.7 Å². The van der Waals surface area contributed by atoms with Gasteiger partial charge in [-0.25, -0.2) is 0 Å². The standard InChI is InChI=1S/C18H24N2O3/c1-22-13-15-14-7-2-3-8-16(14)23-17(15)18(21)19-9-6-12-20-10-4-5-11-20/h2-3,7-8H,4-6,9-13H2,1H3,(H,19,21). The SMILES string of the molecule is COCc1c(C(=O)NCCCN2CCCC2)oc2ccccc12. The number of carbonyl (C=O) groups excluding carboxylic acids is 1. The molecule has 3 rings (SSSR count). The Labute approximate surface area is 136 Å². The van der Waals surface area contributed by atoms with Crippen LogP contribution in [-0.4, -0.2) is 44.1 Å². The van der Waals surface area contributed by atoms with Gasteiger partial charge in [-0.15, -0.1) is 0 Å². The number of ether oxygens (including phenoxy) is 1. The highest BCUT2D eigenvalue weighted by atomic mass is 16.5. The molecule has 0 atom stereocenters. The molecule has 0 unspecified atom stereocenters. The van der Waals surface area contributed by atoms with Gasteiger partial charge in [-0.05, 0) is 45.0 Å². The molecule has 0 spiro atoms. The van der Waals surface area contributed by atoms with Crippen LogP contribution in [-0.2, 0) is 11.3 Å². The van der Waals surface area contributed by atoms with Gasteiger partial charge in [0.05, 0.1) is 6.61 Å². The smallest absolute Gasteiger partial charge is 0.287 e. The van der Waals surface area contributed by atoms with Gasteiger partial charge in [-0.2, -0.15) is 0 Å². The lowest BCUT2D eigenvalue weighted by Gasteiger charge is -2.14. The van der Waals surface area contributed by atoms with E-state index in [9.17, 15) is 4.79 Å². The summed E-state index contributed by atoms with van der Waals surface area (Å²) in [5, 5.41) is 3.91. The third kappa shape index (κ3) is 3.74. The van der Waals surface area contributed by atoms with Crippen molar-refractivity contribution in [2.45, 2.75) is 25.9 Å². The molecule has 124 valence electrons. The van der Waals surface area contributed by atoms with E-state index in [1.807, 2.05) is 24.3 Å². The number of furan rings is 1. The zero-order chi connectivity index (χ0) is 16.1. The lowest BCUT2D eigenvalue weighted by atomic mass is 10.1. The Balaban J connectivity index is 1.61. The number of carbonyl (C=O) groups is 1. The van der Waals surface area contributed by atoms with E-state index in [0.29, 0.717) is 18.9 Å². The van der Waals surface area contributed by atoms with Crippen molar-refractivity contribution >= 4 is 16.9 Å². The Morgan fingerprint density at radius 1 is 1.30 bits per heavy atom. The minimum atomic E-state index is -0.158. The van der Waals surface area contributed by atoms with Crippen LogP contribution >= 0.6 is 0 Å². The van der Waals surface area contributed by atoms with E-state index in [1.54, 1.807) is 7.11 Å². The first-order valence-electron chi connectivity index (χ1n) is 8.29. The summed E-state index contributed by atoms with van der Waals surface area (Å²) < 4.78 is 11.0. The topological polar surface area (TPSA) is 54.7 Å². The number of nitrogens with zero attached hydrogens (tertiary/aromatic N) is 1. The zero-order valence-electron chi connectivity index (χ0n) is 13.6. The second kappa shape index (κ2) is 7.62. The quantitative estimate of drug-likeness (QED) is 0.798. The molecule has 1 N–H and O–H groups in total. The van der Waals surface area contributed by atoms with Crippen molar-refractivity contribution in [2.24, 2.45) is 0 Å². The predicted octanol–water partition coefficient (Wildman–Crippen LogP) is 2.79. The third-order valence-electron chi connectivity index (χ3n) is 4.33. The van der Waals surface area contributed by atoms with Gasteiger partial charge in [0.25, 0.3) is 5.91 Å². The number of fused-ring (bicyclic) bond motifs is 1. The highest BCUT2D eigenvalue weighted by molar-refractivity contribution is 5.99. The van der Waals surface area contributed by atoms with E-state index in [0.717, 1.165) is 29.5 Å². The molecule has 5 heteroatoms. The first kappa shape index (κ1) is 16.0. The maximum atomic E-state index is 12.4. The maximum Gasteiger partial charge on any atom is 0.287 e. The molecule has 1 aliphatic heterocycles. The van der Waals surface area contributed by atoms with Gasteiger partial charge in [-0.3, -0.25) is 4.79 Å². The van der Waals surface area contributed by atoms with Crippen LogP contribution in [0.25, 0.3) is 11.0 Å². The van der Waals surface area contributed by atoms with Gasteiger partial charge in [-0.1, -0.05) is 18.2 Å². The van der Waals surface area contributed by atoms with Crippen LogP contribution in [0.2, 0.25) is 0 Å². The van der Waals surface area contributed by atoms with Gasteiger partial charge in [0.1, 0.15) is 5.58 Å². The summed E-state index contributed by atoms with van der Waals surface area (Å²) in [6, 6.07) is 7.67. The fourth-order valence-electron chi connectivity index (χ4n) is 3.16. The number of amides is 1. The third-order valence-corrected chi connectivity index (χ3v) is 4.33. The van der Waals surface area contributed by atoms with Crippen molar-refractivity contribution in [1.82, 2.24) is 10.2 Å². The molecule has 5 nitrogen and oxygen atoms in total. The molecule has 0 bridgehead atoms. The molecule has 1 amide bonds. The summed E-state index contributed by atoms with van der Waals surface area (Å²) in [5.41, 5.74) is 1.54. The molecule has 23 heavy (non-hydrogen) atoms. The van der Waals surface area contributed by atoms with Crippen molar-refractivity contribution in [3.63, 3.8) is 0 Å². The lowest BCUT2D eigenvalue weighted by molar-refractivity contribution is 0.0920. The molecule has 1 aromatic carbocycles. The number of benzene rings is 1. The minimum Gasteiger partial charge on any atom is -0.451 e. The monoisotopic (exact) mass is 316 g/mol. The fraction of sp³-hybridized carbons (Fsp3) is 0.500. The van der Waals surface area contributed by atoms with Gasteiger partial charge in [0, 0.05) is 24.6 Å². The summed E-state index contributed by atoms with van der Waals surface area (Å²) in [6.07, 6.45) is 3.56. The van der Waals surface area contributed by atoms with Gasteiger partial charge in [0.15, 0.2) is 5.76 Å². The number of hydrogen-bond acceptors (Lipinski definition) is 4. The summed E-state index contributed by atoms with van der Waals surface area (Å²) in [7, 11) is 1.62. The molecular formula is C18H24N2O3. The maximum absolute atomic E-state index is 12.4. The Morgan fingerprint density at radius 2 is 2.09 bits per heavy atom. The highest BCUT2D eigenvalue weighted by Crippen LogP contribution is 2.26. The number of hydrogen-bond donors (Lipinski definition) is 1. The Morgan fingerprint density at radius 3 is 2.87 bits per heavy atom. The fourth-order valence-corrected chi connectivity index (χ4v) is 3.16. The van der Waals surface area contributed by atoms with Crippen LogP contribution in [0.4, 0.5) is 0 Å². The number of rotatable bonds is 7. The molecule has 0 aliphatic carbocycles. The average molecular weight is 316 g/mol. The summed E-state index contributed by atoms with van der Waals surface area (Å²) >= 11 is 0. The molecule has 1 aliphatic rings. The van der Waals surface area contributed by atoms with E-state index in [-0.39, 0.29) is 5.91 Å². The van der Waals surface area contributed by atoms with Crippen molar-refractivity contribution in [2.75, 3.05) is 33.3 Å². The summed E-state index contributed by atoms with van der Waals surface area (Å²) in [6.45, 7) is 4.46. The molecule has 1 saturated heterocycles. The average Bonchev–Trinajstić information content (AvgIpc) is 3.20.